The van der Waals surface area contributed by atoms with Crippen molar-refractivity contribution in [2.45, 2.75) is 50.0 Å². The van der Waals surface area contributed by atoms with Crippen LogP contribution in [0, 0.1) is 0 Å². The van der Waals surface area contributed by atoms with Crippen LogP contribution in [0.3, 0.4) is 0 Å². The van der Waals surface area contributed by atoms with Gasteiger partial charge in [0.15, 0.2) is 11.5 Å². The molecular weight excluding hydrogens is 440 g/mol. The summed E-state index contributed by atoms with van der Waals surface area (Å²) in [5.41, 5.74) is 1.59. The number of piperidine rings is 1. The standard InChI is InChI=1S/C25H34N2O5S/c1-19-8-5-6-17-27(19)33(29,30)22-13-11-21(12-14-22)25(28)26(2)16-7-9-20-10-15-23(31-3)24(18-20)32-4/h10-15,18-19H,5-9,16-17H2,1-4H3/t19-/m1/s1. The Labute approximate surface area is 197 Å². The lowest BCUT2D eigenvalue weighted by atomic mass is 10.1. The molecule has 0 spiro atoms. The lowest BCUT2D eigenvalue weighted by Crippen LogP contribution is -2.41. The molecule has 0 N–H and O–H groups in total. The second-order valence-corrected chi connectivity index (χ2v) is 10.4. The van der Waals surface area contributed by atoms with Crippen molar-refractivity contribution in [1.29, 1.82) is 0 Å². The molecular formula is C25H34N2O5S. The summed E-state index contributed by atoms with van der Waals surface area (Å²) in [4.78, 5) is 14.7. The minimum atomic E-state index is -3.54. The highest BCUT2D eigenvalue weighted by Crippen LogP contribution is 2.28. The molecule has 0 unspecified atom stereocenters. The molecule has 0 aliphatic carbocycles. The van der Waals surface area contributed by atoms with Crippen molar-refractivity contribution < 1.29 is 22.7 Å². The summed E-state index contributed by atoms with van der Waals surface area (Å²) >= 11 is 0. The van der Waals surface area contributed by atoms with E-state index in [1.807, 2.05) is 25.1 Å². The number of amides is 1. The third-order valence-corrected chi connectivity index (χ3v) is 8.23. The van der Waals surface area contributed by atoms with Crippen molar-refractivity contribution >= 4 is 15.9 Å². The molecule has 180 valence electrons. The van der Waals surface area contributed by atoms with Crippen LogP contribution < -0.4 is 9.47 Å². The second kappa shape index (κ2) is 11.0. The Morgan fingerprint density at radius 1 is 1.06 bits per heavy atom. The van der Waals surface area contributed by atoms with Gasteiger partial charge in [0.1, 0.15) is 0 Å². The number of ether oxygens (including phenoxy) is 2. The van der Waals surface area contributed by atoms with E-state index in [0.29, 0.717) is 30.2 Å². The predicted octanol–water partition coefficient (Wildman–Crippen LogP) is 3.97. The van der Waals surface area contributed by atoms with Gasteiger partial charge in [0.25, 0.3) is 5.91 Å². The maximum Gasteiger partial charge on any atom is 0.253 e. The van der Waals surface area contributed by atoms with Crippen LogP contribution in [0.4, 0.5) is 0 Å². The first-order valence-corrected chi connectivity index (χ1v) is 12.8. The Morgan fingerprint density at radius 2 is 1.76 bits per heavy atom. The summed E-state index contributed by atoms with van der Waals surface area (Å²) in [6, 6.07) is 12.1. The zero-order valence-corrected chi connectivity index (χ0v) is 20.7. The Hall–Kier alpha value is -2.58. The van der Waals surface area contributed by atoms with Crippen LogP contribution in [0.5, 0.6) is 11.5 Å². The monoisotopic (exact) mass is 474 g/mol. The average molecular weight is 475 g/mol. The normalized spacial score (nSPS) is 16.9. The molecule has 33 heavy (non-hydrogen) atoms. The molecule has 1 heterocycles. The lowest BCUT2D eigenvalue weighted by molar-refractivity contribution is 0.0793. The summed E-state index contributed by atoms with van der Waals surface area (Å²) in [6.45, 7) is 3.08. The number of sulfonamides is 1. The average Bonchev–Trinajstić information content (AvgIpc) is 2.83. The third kappa shape index (κ3) is 5.86. The number of benzene rings is 2. The van der Waals surface area contributed by atoms with Crippen molar-refractivity contribution in [3.63, 3.8) is 0 Å². The predicted molar refractivity (Wildman–Crippen MR) is 128 cm³/mol. The highest BCUT2D eigenvalue weighted by molar-refractivity contribution is 7.89. The van der Waals surface area contributed by atoms with Gasteiger partial charge in [-0.05, 0) is 74.6 Å². The summed E-state index contributed by atoms with van der Waals surface area (Å²) in [7, 11) is 1.43. The zero-order chi connectivity index (χ0) is 24.0. The van der Waals surface area contributed by atoms with Crippen molar-refractivity contribution in [1.82, 2.24) is 9.21 Å². The molecule has 2 aromatic rings. The van der Waals surface area contributed by atoms with E-state index in [1.54, 1.807) is 54.7 Å². The Morgan fingerprint density at radius 3 is 2.39 bits per heavy atom. The van der Waals surface area contributed by atoms with Gasteiger partial charge in [0.05, 0.1) is 19.1 Å². The molecule has 1 aliphatic rings. The molecule has 1 amide bonds. The molecule has 2 aromatic carbocycles. The number of hydrogen-bond donors (Lipinski definition) is 0. The van der Waals surface area contributed by atoms with Gasteiger partial charge >= 0.3 is 0 Å². The van der Waals surface area contributed by atoms with Crippen molar-refractivity contribution in [2.24, 2.45) is 0 Å². The molecule has 1 saturated heterocycles. The number of carbonyl (C=O) groups is 1. The van der Waals surface area contributed by atoms with E-state index >= 15 is 0 Å². The Bertz CT molecular complexity index is 1050. The van der Waals surface area contributed by atoms with Gasteiger partial charge in [-0.25, -0.2) is 8.42 Å². The highest BCUT2D eigenvalue weighted by Gasteiger charge is 2.31. The van der Waals surface area contributed by atoms with Crippen LogP contribution >= 0.6 is 0 Å². The lowest BCUT2D eigenvalue weighted by Gasteiger charge is -2.32. The van der Waals surface area contributed by atoms with Gasteiger partial charge < -0.3 is 14.4 Å². The molecule has 1 atom stereocenters. The zero-order valence-electron chi connectivity index (χ0n) is 19.9. The van der Waals surface area contributed by atoms with Crippen LogP contribution in [0.15, 0.2) is 47.4 Å². The van der Waals surface area contributed by atoms with Crippen LogP contribution in [0.2, 0.25) is 0 Å². The van der Waals surface area contributed by atoms with Crippen LogP contribution in [0.1, 0.15) is 48.5 Å². The van der Waals surface area contributed by atoms with E-state index in [9.17, 15) is 13.2 Å². The molecule has 1 aliphatic heterocycles. The first-order valence-electron chi connectivity index (χ1n) is 11.4. The summed E-state index contributed by atoms with van der Waals surface area (Å²) in [5.74, 6) is 1.25. The Kier molecular flexibility index (Phi) is 8.37. The van der Waals surface area contributed by atoms with E-state index < -0.39 is 10.0 Å². The van der Waals surface area contributed by atoms with Crippen molar-refractivity contribution in [2.75, 3.05) is 34.4 Å². The van der Waals surface area contributed by atoms with E-state index in [2.05, 4.69) is 0 Å². The highest BCUT2D eigenvalue weighted by atomic mass is 32.2. The Balaban J connectivity index is 1.58. The largest absolute Gasteiger partial charge is 0.493 e. The van der Waals surface area contributed by atoms with Crippen LogP contribution in [-0.4, -0.2) is 63.9 Å². The second-order valence-electron chi connectivity index (χ2n) is 8.50. The minimum absolute atomic E-state index is 0.00172. The van der Waals surface area contributed by atoms with E-state index in [0.717, 1.165) is 37.7 Å². The fraction of sp³-hybridized carbons (Fsp3) is 0.480. The summed E-state index contributed by atoms with van der Waals surface area (Å²) in [6.07, 6.45) is 4.40. The quantitative estimate of drug-likeness (QED) is 0.550. The third-order valence-electron chi connectivity index (χ3n) is 6.20. The van der Waals surface area contributed by atoms with E-state index in [-0.39, 0.29) is 16.8 Å². The maximum atomic E-state index is 13.0. The van der Waals surface area contributed by atoms with Gasteiger partial charge in [-0.2, -0.15) is 4.31 Å². The smallest absolute Gasteiger partial charge is 0.253 e. The van der Waals surface area contributed by atoms with Gasteiger partial charge in [-0.3, -0.25) is 4.79 Å². The number of hydrogen-bond acceptors (Lipinski definition) is 5. The topological polar surface area (TPSA) is 76.2 Å². The summed E-state index contributed by atoms with van der Waals surface area (Å²) < 4.78 is 38.2. The van der Waals surface area contributed by atoms with E-state index in [4.69, 9.17) is 9.47 Å². The first kappa shape index (κ1) is 25.1. The molecule has 1 fully saturated rings. The molecule has 8 heteroatoms. The van der Waals surface area contributed by atoms with Gasteiger partial charge in [0.2, 0.25) is 10.0 Å². The minimum Gasteiger partial charge on any atom is -0.493 e. The summed E-state index contributed by atoms with van der Waals surface area (Å²) in [5, 5.41) is 0. The number of carbonyl (C=O) groups excluding carboxylic acids is 1. The molecule has 0 bridgehead atoms. The fourth-order valence-corrected chi connectivity index (χ4v) is 5.91. The first-order chi connectivity index (χ1) is 15.8. The maximum absolute atomic E-state index is 13.0. The molecule has 0 saturated carbocycles. The number of aryl methyl sites for hydroxylation is 1. The fourth-order valence-electron chi connectivity index (χ4n) is 4.21. The molecule has 0 aromatic heterocycles. The number of rotatable bonds is 9. The van der Waals surface area contributed by atoms with Gasteiger partial charge in [-0.15, -0.1) is 0 Å². The SMILES string of the molecule is COc1ccc(CCCN(C)C(=O)c2ccc(S(=O)(=O)N3CCCC[C@H]3C)cc2)cc1OC. The molecule has 7 nitrogen and oxygen atoms in total. The number of methoxy groups -OCH3 is 2. The van der Waals surface area contributed by atoms with Crippen LogP contribution in [-0.2, 0) is 16.4 Å². The van der Waals surface area contributed by atoms with E-state index in [1.165, 1.54) is 0 Å². The van der Waals surface area contributed by atoms with Crippen molar-refractivity contribution in [3.8, 4) is 11.5 Å². The van der Waals surface area contributed by atoms with Gasteiger partial charge in [-0.1, -0.05) is 12.5 Å². The molecule has 3 rings (SSSR count). The van der Waals surface area contributed by atoms with Crippen LogP contribution in [0.25, 0.3) is 0 Å². The van der Waals surface area contributed by atoms with Gasteiger partial charge in [0, 0.05) is 31.7 Å². The number of nitrogens with zero attached hydrogens (tertiary/aromatic N) is 2. The van der Waals surface area contributed by atoms with Crippen molar-refractivity contribution in [3.05, 3.63) is 53.6 Å². The molecule has 0 radical (unpaired) electrons.